The Balaban J connectivity index is 1.32. The number of nitrogens with zero attached hydrogens (tertiary/aromatic N) is 2. The van der Waals surface area contributed by atoms with Gasteiger partial charge in [-0.1, -0.05) is 6.07 Å². The van der Waals surface area contributed by atoms with Crippen molar-refractivity contribution in [1.29, 1.82) is 0 Å². The second kappa shape index (κ2) is 7.89. The second-order valence-electron chi connectivity index (χ2n) is 7.96. The SMILES string of the molecule is O=C(Nc1ccc(F)cc1Cc1ccc(Oc2ccc(F)cc2)nc1)C12CCCN1S2(=O)=O. The zero-order valence-electron chi connectivity index (χ0n) is 17.3. The molecule has 3 aromatic rings. The van der Waals surface area contributed by atoms with Crippen LogP contribution in [0.1, 0.15) is 24.0 Å². The van der Waals surface area contributed by atoms with Crippen molar-refractivity contribution in [3.8, 4) is 11.6 Å². The van der Waals surface area contributed by atoms with Crippen molar-refractivity contribution in [3.63, 3.8) is 0 Å². The van der Waals surface area contributed by atoms with Crippen molar-refractivity contribution in [2.75, 3.05) is 11.9 Å². The Kier molecular flexibility index (Phi) is 5.13. The van der Waals surface area contributed by atoms with Gasteiger partial charge in [0, 0.05) is 30.9 Å². The van der Waals surface area contributed by atoms with Gasteiger partial charge < -0.3 is 10.1 Å². The highest BCUT2D eigenvalue weighted by molar-refractivity contribution is 7.98. The molecule has 0 radical (unpaired) electrons. The maximum absolute atomic E-state index is 14.0. The standard InChI is InChI=1S/C23H19F2N3O4S/c24-17-3-6-19(7-4-17)32-21-9-2-15(14-26-21)12-16-13-18(25)5-8-20(16)27-22(29)23-10-1-11-28(23)33(23,30)31/h2-9,13-14H,1,10-12H2,(H,27,29). The summed E-state index contributed by atoms with van der Waals surface area (Å²) in [5.41, 5.74) is 1.55. The first-order valence-electron chi connectivity index (χ1n) is 10.3. The number of amides is 1. The van der Waals surface area contributed by atoms with E-state index in [4.69, 9.17) is 4.74 Å². The van der Waals surface area contributed by atoms with Gasteiger partial charge in [0.1, 0.15) is 17.4 Å². The van der Waals surface area contributed by atoms with Crippen LogP contribution >= 0.6 is 0 Å². The molecule has 1 N–H and O–H groups in total. The Hall–Kier alpha value is -3.37. The van der Waals surface area contributed by atoms with Crippen LogP contribution in [-0.4, -0.2) is 35.0 Å². The van der Waals surface area contributed by atoms with E-state index in [1.165, 1.54) is 46.8 Å². The summed E-state index contributed by atoms with van der Waals surface area (Å²) >= 11 is 0. The van der Waals surface area contributed by atoms with Gasteiger partial charge in [0.25, 0.3) is 5.91 Å². The number of hydrogen-bond donors (Lipinski definition) is 1. The fraction of sp³-hybridized carbons (Fsp3) is 0.217. The maximum Gasteiger partial charge on any atom is 0.263 e. The van der Waals surface area contributed by atoms with Crippen molar-refractivity contribution < 1.29 is 26.7 Å². The predicted molar refractivity (Wildman–Crippen MR) is 116 cm³/mol. The molecule has 2 saturated heterocycles. The first-order chi connectivity index (χ1) is 15.8. The van der Waals surface area contributed by atoms with Crippen LogP contribution in [0.25, 0.3) is 0 Å². The van der Waals surface area contributed by atoms with E-state index in [-0.39, 0.29) is 18.7 Å². The molecule has 0 spiro atoms. The lowest BCUT2D eigenvalue weighted by Gasteiger charge is -2.14. The molecule has 2 unspecified atom stereocenters. The fourth-order valence-electron chi connectivity index (χ4n) is 4.17. The molecule has 2 aliphatic heterocycles. The molecule has 1 aromatic heterocycles. The van der Waals surface area contributed by atoms with E-state index in [1.54, 1.807) is 18.3 Å². The van der Waals surface area contributed by atoms with Crippen molar-refractivity contribution in [2.45, 2.75) is 24.1 Å². The van der Waals surface area contributed by atoms with Gasteiger partial charge in [0.2, 0.25) is 20.8 Å². The lowest BCUT2D eigenvalue weighted by molar-refractivity contribution is -0.118. The highest BCUT2D eigenvalue weighted by Gasteiger charge is 2.77. The number of benzene rings is 2. The number of anilines is 1. The van der Waals surface area contributed by atoms with Gasteiger partial charge in [-0.15, -0.1) is 0 Å². The van der Waals surface area contributed by atoms with Crippen LogP contribution in [0.15, 0.2) is 60.8 Å². The summed E-state index contributed by atoms with van der Waals surface area (Å²) in [7, 11) is -3.59. The van der Waals surface area contributed by atoms with Crippen molar-refractivity contribution in [1.82, 2.24) is 9.29 Å². The van der Waals surface area contributed by atoms with Crippen molar-refractivity contribution >= 4 is 21.6 Å². The number of rotatable bonds is 6. The molecule has 170 valence electrons. The van der Waals surface area contributed by atoms with Crippen molar-refractivity contribution in [2.24, 2.45) is 0 Å². The van der Waals surface area contributed by atoms with Gasteiger partial charge in [-0.25, -0.2) is 22.2 Å². The minimum absolute atomic E-state index is 0.247. The van der Waals surface area contributed by atoms with Gasteiger partial charge >= 0.3 is 0 Å². The van der Waals surface area contributed by atoms with Gasteiger partial charge in [0.05, 0.1) is 0 Å². The largest absolute Gasteiger partial charge is 0.439 e. The quantitative estimate of drug-likeness (QED) is 0.553. The van der Waals surface area contributed by atoms with Gasteiger partial charge in [-0.3, -0.25) is 4.79 Å². The van der Waals surface area contributed by atoms with Crippen LogP contribution in [0, 0.1) is 11.6 Å². The smallest absolute Gasteiger partial charge is 0.263 e. The van der Waals surface area contributed by atoms with Gasteiger partial charge in [-0.05, 0) is 66.4 Å². The van der Waals surface area contributed by atoms with Crippen LogP contribution in [0.4, 0.5) is 14.5 Å². The number of fused-ring (bicyclic) bond motifs is 1. The molecule has 0 aliphatic carbocycles. The molecule has 5 rings (SSSR count). The van der Waals surface area contributed by atoms with Crippen LogP contribution in [0.3, 0.4) is 0 Å². The first-order valence-corrected chi connectivity index (χ1v) is 11.7. The van der Waals surface area contributed by atoms with Crippen LogP contribution < -0.4 is 10.1 Å². The summed E-state index contributed by atoms with van der Waals surface area (Å²) in [5.74, 6) is -0.733. The Morgan fingerprint density at radius 1 is 1.09 bits per heavy atom. The number of aromatic nitrogens is 1. The summed E-state index contributed by atoms with van der Waals surface area (Å²) in [4.78, 5) is 15.6. The molecule has 2 fully saturated rings. The van der Waals surface area contributed by atoms with Gasteiger partial charge in [0.15, 0.2) is 0 Å². The summed E-state index contributed by atoms with van der Waals surface area (Å²) in [6.45, 7) is 0.337. The number of nitrogens with one attached hydrogen (secondary N) is 1. The van der Waals surface area contributed by atoms with Gasteiger partial charge in [-0.2, -0.15) is 4.31 Å². The number of sulfonamides is 1. The van der Waals surface area contributed by atoms with Crippen LogP contribution in [0.5, 0.6) is 11.6 Å². The molecule has 3 heterocycles. The second-order valence-corrected chi connectivity index (χ2v) is 10.0. The third kappa shape index (κ3) is 3.75. The van der Waals surface area contributed by atoms with E-state index in [0.29, 0.717) is 35.8 Å². The number of halogens is 2. The first kappa shape index (κ1) is 21.5. The summed E-state index contributed by atoms with van der Waals surface area (Å²) in [6.07, 6.45) is 2.68. The molecule has 1 amide bonds. The molecule has 7 nitrogen and oxygen atoms in total. The Morgan fingerprint density at radius 3 is 2.52 bits per heavy atom. The Morgan fingerprint density at radius 2 is 1.85 bits per heavy atom. The van der Waals surface area contributed by atoms with Crippen LogP contribution in [-0.2, 0) is 21.2 Å². The molecule has 33 heavy (non-hydrogen) atoms. The third-order valence-corrected chi connectivity index (χ3v) is 8.23. The Bertz CT molecular complexity index is 1330. The summed E-state index contributed by atoms with van der Waals surface area (Å²) < 4.78 is 58.2. The maximum atomic E-state index is 14.0. The molecule has 2 aromatic carbocycles. The highest BCUT2D eigenvalue weighted by atomic mass is 32.2. The topological polar surface area (TPSA) is 88.4 Å². The minimum atomic E-state index is -3.59. The lowest BCUT2D eigenvalue weighted by atomic mass is 10.0. The average molecular weight is 471 g/mol. The molecule has 0 bridgehead atoms. The molecular weight excluding hydrogens is 452 g/mol. The molecule has 2 aliphatic rings. The minimum Gasteiger partial charge on any atom is -0.439 e. The zero-order chi connectivity index (χ0) is 23.2. The molecular formula is C23H19F2N3O4S. The number of carbonyl (C=O) groups excluding carboxylic acids is 1. The fourth-order valence-corrected chi connectivity index (χ4v) is 6.34. The van der Waals surface area contributed by atoms with E-state index >= 15 is 0 Å². The van der Waals surface area contributed by atoms with Crippen molar-refractivity contribution in [3.05, 3.63) is 83.6 Å². The molecule has 10 heteroatoms. The molecule has 0 saturated carbocycles. The van der Waals surface area contributed by atoms with E-state index in [2.05, 4.69) is 10.3 Å². The monoisotopic (exact) mass is 471 g/mol. The summed E-state index contributed by atoms with van der Waals surface area (Å²) in [6, 6.07) is 12.8. The number of pyridine rings is 1. The molecule has 2 atom stereocenters. The van der Waals surface area contributed by atoms with E-state index < -0.39 is 26.6 Å². The van der Waals surface area contributed by atoms with E-state index in [1.807, 2.05) is 0 Å². The number of hydrogen-bond acceptors (Lipinski definition) is 5. The highest BCUT2D eigenvalue weighted by Crippen LogP contribution is 2.52. The van der Waals surface area contributed by atoms with Crippen LogP contribution in [0.2, 0.25) is 0 Å². The van der Waals surface area contributed by atoms with E-state index in [9.17, 15) is 22.0 Å². The number of ether oxygens (including phenoxy) is 1. The van der Waals surface area contributed by atoms with E-state index in [0.717, 1.165) is 5.56 Å². The predicted octanol–water partition coefficient (Wildman–Crippen LogP) is 3.82. The third-order valence-electron chi connectivity index (χ3n) is 5.86. The zero-order valence-corrected chi connectivity index (χ0v) is 18.1. The Labute approximate surface area is 189 Å². The lowest BCUT2D eigenvalue weighted by Crippen LogP contribution is -2.33. The average Bonchev–Trinajstić information content (AvgIpc) is 3.09. The normalized spacial score (nSPS) is 22.4. The summed E-state index contributed by atoms with van der Waals surface area (Å²) in [5, 5.41) is 2.68. The number of carbonyl (C=O) groups is 1.